The zero-order chi connectivity index (χ0) is 14.1. The smallest absolute Gasteiger partial charge is 0.265 e. The highest BCUT2D eigenvalue weighted by molar-refractivity contribution is 9.10. The molecule has 0 bridgehead atoms. The van der Waals surface area contributed by atoms with Gasteiger partial charge in [0.1, 0.15) is 13.2 Å². The molecule has 0 atom stereocenters. The van der Waals surface area contributed by atoms with Gasteiger partial charge in [-0.15, -0.1) is 11.3 Å². The third-order valence-corrected chi connectivity index (χ3v) is 4.56. The Hall–Kier alpha value is -1.24. The topological polar surface area (TPSA) is 47.6 Å². The summed E-state index contributed by atoms with van der Waals surface area (Å²) in [6.45, 7) is 1.03. The quantitative estimate of drug-likeness (QED) is 0.857. The van der Waals surface area contributed by atoms with Crippen LogP contribution in [0, 0.1) is 0 Å². The van der Waals surface area contributed by atoms with Crippen LogP contribution in [0.3, 0.4) is 0 Å². The second kappa shape index (κ2) is 5.63. The molecule has 0 radical (unpaired) electrons. The lowest BCUT2D eigenvalue weighted by molar-refractivity contribution is 0.103. The maximum atomic E-state index is 12.1. The number of ether oxygens (including phenoxy) is 2. The van der Waals surface area contributed by atoms with Crippen molar-refractivity contribution in [1.82, 2.24) is 0 Å². The van der Waals surface area contributed by atoms with Crippen molar-refractivity contribution in [1.29, 1.82) is 0 Å². The molecule has 1 N–H and O–H groups in total. The SMILES string of the molecule is O=C(Nc1cc2c(cc1Br)OCCO2)c1ccc(Cl)s1. The molecule has 104 valence electrons. The summed E-state index contributed by atoms with van der Waals surface area (Å²) in [5, 5.41) is 2.82. The van der Waals surface area contributed by atoms with Crippen molar-refractivity contribution >= 4 is 50.5 Å². The molecule has 2 aromatic rings. The summed E-state index contributed by atoms with van der Waals surface area (Å²) in [4.78, 5) is 12.6. The molecular formula is C13H9BrClNO3S. The Kier molecular flexibility index (Phi) is 3.87. The van der Waals surface area contributed by atoms with E-state index in [9.17, 15) is 4.79 Å². The summed E-state index contributed by atoms with van der Waals surface area (Å²) in [6, 6.07) is 6.91. The molecule has 0 saturated heterocycles. The monoisotopic (exact) mass is 373 g/mol. The van der Waals surface area contributed by atoms with Crippen molar-refractivity contribution in [2.75, 3.05) is 18.5 Å². The van der Waals surface area contributed by atoms with Crippen molar-refractivity contribution in [2.24, 2.45) is 0 Å². The molecule has 7 heteroatoms. The first-order chi connectivity index (χ1) is 9.63. The van der Waals surface area contributed by atoms with Gasteiger partial charge < -0.3 is 14.8 Å². The average molecular weight is 375 g/mol. The number of carbonyl (C=O) groups excluding carboxylic acids is 1. The summed E-state index contributed by atoms with van der Waals surface area (Å²) in [7, 11) is 0. The van der Waals surface area contributed by atoms with Crippen LogP contribution in [0.25, 0.3) is 0 Å². The number of fused-ring (bicyclic) bond motifs is 1. The highest BCUT2D eigenvalue weighted by atomic mass is 79.9. The number of hydrogen-bond donors (Lipinski definition) is 1. The Bertz CT molecular complexity index is 674. The minimum Gasteiger partial charge on any atom is -0.486 e. The number of carbonyl (C=O) groups is 1. The molecule has 0 unspecified atom stereocenters. The van der Waals surface area contributed by atoms with E-state index >= 15 is 0 Å². The number of nitrogens with one attached hydrogen (secondary N) is 1. The van der Waals surface area contributed by atoms with E-state index in [1.807, 2.05) is 0 Å². The van der Waals surface area contributed by atoms with Gasteiger partial charge >= 0.3 is 0 Å². The van der Waals surface area contributed by atoms with E-state index in [1.165, 1.54) is 11.3 Å². The van der Waals surface area contributed by atoms with E-state index in [-0.39, 0.29) is 5.91 Å². The summed E-state index contributed by atoms with van der Waals surface area (Å²) in [5.41, 5.74) is 0.628. The molecule has 1 amide bonds. The minimum absolute atomic E-state index is 0.209. The number of anilines is 1. The average Bonchev–Trinajstić information content (AvgIpc) is 2.86. The highest BCUT2D eigenvalue weighted by Crippen LogP contribution is 2.38. The highest BCUT2D eigenvalue weighted by Gasteiger charge is 2.17. The number of thiophene rings is 1. The van der Waals surface area contributed by atoms with E-state index in [1.54, 1.807) is 24.3 Å². The van der Waals surface area contributed by atoms with E-state index in [2.05, 4.69) is 21.2 Å². The van der Waals surface area contributed by atoms with Gasteiger partial charge in [0.15, 0.2) is 11.5 Å². The number of amides is 1. The molecule has 2 heterocycles. The second-order valence-corrected chi connectivity index (χ2v) is 6.60. The van der Waals surface area contributed by atoms with Crippen LogP contribution in [0.4, 0.5) is 5.69 Å². The molecule has 20 heavy (non-hydrogen) atoms. The maximum Gasteiger partial charge on any atom is 0.265 e. The Morgan fingerprint density at radius 2 is 1.95 bits per heavy atom. The number of rotatable bonds is 2. The molecule has 3 rings (SSSR count). The van der Waals surface area contributed by atoms with E-state index in [4.69, 9.17) is 21.1 Å². The third kappa shape index (κ3) is 2.77. The Balaban J connectivity index is 1.85. The van der Waals surface area contributed by atoms with Crippen LogP contribution >= 0.6 is 38.9 Å². The largest absolute Gasteiger partial charge is 0.486 e. The van der Waals surface area contributed by atoms with Gasteiger partial charge in [0, 0.05) is 16.6 Å². The van der Waals surface area contributed by atoms with Crippen LogP contribution in [0.2, 0.25) is 4.34 Å². The fourth-order valence-electron chi connectivity index (χ4n) is 1.78. The van der Waals surface area contributed by atoms with Gasteiger partial charge in [0.25, 0.3) is 5.91 Å². The van der Waals surface area contributed by atoms with E-state index < -0.39 is 0 Å². The van der Waals surface area contributed by atoms with Crippen molar-refractivity contribution in [3.63, 3.8) is 0 Å². The summed E-state index contributed by atoms with van der Waals surface area (Å²) in [5.74, 6) is 1.08. The zero-order valence-electron chi connectivity index (χ0n) is 10.1. The Morgan fingerprint density at radius 3 is 2.60 bits per heavy atom. The first-order valence-electron chi connectivity index (χ1n) is 5.79. The second-order valence-electron chi connectivity index (χ2n) is 4.03. The van der Waals surface area contributed by atoms with Crippen molar-refractivity contribution in [3.05, 3.63) is 38.0 Å². The molecule has 0 fully saturated rings. The molecule has 0 spiro atoms. The number of hydrogen-bond acceptors (Lipinski definition) is 4. The standard InChI is InChI=1S/C13H9BrClNO3S/c14-7-5-9-10(19-4-3-18-9)6-8(7)16-13(17)11-1-2-12(15)20-11/h1-2,5-6H,3-4H2,(H,16,17). The zero-order valence-corrected chi connectivity index (χ0v) is 13.3. The predicted octanol–water partition coefficient (Wildman–Crippen LogP) is 4.19. The number of halogens is 2. The van der Waals surface area contributed by atoms with Crippen molar-refractivity contribution in [2.45, 2.75) is 0 Å². The molecule has 0 aliphatic carbocycles. The molecule has 1 aliphatic heterocycles. The van der Waals surface area contributed by atoms with Crippen molar-refractivity contribution < 1.29 is 14.3 Å². The third-order valence-electron chi connectivity index (χ3n) is 2.68. The van der Waals surface area contributed by atoms with Crippen LogP contribution in [0.15, 0.2) is 28.7 Å². The first-order valence-corrected chi connectivity index (χ1v) is 7.78. The fraction of sp³-hybridized carbons (Fsp3) is 0.154. The molecule has 1 aromatic carbocycles. The lowest BCUT2D eigenvalue weighted by atomic mass is 10.2. The maximum absolute atomic E-state index is 12.1. The normalized spacial score (nSPS) is 13.1. The van der Waals surface area contributed by atoms with Gasteiger partial charge in [-0.2, -0.15) is 0 Å². The molecule has 4 nitrogen and oxygen atoms in total. The van der Waals surface area contributed by atoms with Gasteiger partial charge in [-0.25, -0.2) is 0 Å². The van der Waals surface area contributed by atoms with Crippen LogP contribution in [-0.4, -0.2) is 19.1 Å². The summed E-state index contributed by atoms with van der Waals surface area (Å²) >= 11 is 10.5. The molecule has 1 aliphatic rings. The molecule has 1 aromatic heterocycles. The summed E-state index contributed by atoms with van der Waals surface area (Å²) in [6.07, 6.45) is 0. The minimum atomic E-state index is -0.209. The van der Waals surface area contributed by atoms with E-state index in [0.717, 1.165) is 4.47 Å². The Labute approximate surface area is 132 Å². The summed E-state index contributed by atoms with van der Waals surface area (Å²) < 4.78 is 12.3. The van der Waals surface area contributed by atoms with Gasteiger partial charge in [0.05, 0.1) is 14.9 Å². The van der Waals surface area contributed by atoms with Crippen molar-refractivity contribution in [3.8, 4) is 11.5 Å². The fourth-order valence-corrected chi connectivity index (χ4v) is 3.14. The van der Waals surface area contributed by atoms with Crippen LogP contribution in [0.1, 0.15) is 9.67 Å². The van der Waals surface area contributed by atoms with Gasteiger partial charge in [-0.3, -0.25) is 4.79 Å². The molecular weight excluding hydrogens is 366 g/mol. The predicted molar refractivity (Wildman–Crippen MR) is 82.4 cm³/mol. The van der Waals surface area contributed by atoms with Gasteiger partial charge in [-0.1, -0.05) is 11.6 Å². The van der Waals surface area contributed by atoms with E-state index in [0.29, 0.717) is 39.6 Å². The first kappa shape index (κ1) is 13.7. The molecule has 0 saturated carbocycles. The van der Waals surface area contributed by atoms with Gasteiger partial charge in [0.2, 0.25) is 0 Å². The Morgan fingerprint density at radius 1 is 1.25 bits per heavy atom. The van der Waals surface area contributed by atoms with Crippen LogP contribution in [0.5, 0.6) is 11.5 Å². The number of benzene rings is 1. The lowest BCUT2D eigenvalue weighted by Crippen LogP contribution is -2.16. The lowest BCUT2D eigenvalue weighted by Gasteiger charge is -2.20. The van der Waals surface area contributed by atoms with Crippen LogP contribution in [-0.2, 0) is 0 Å². The van der Waals surface area contributed by atoms with Crippen LogP contribution < -0.4 is 14.8 Å². The van der Waals surface area contributed by atoms with Gasteiger partial charge in [-0.05, 0) is 28.1 Å².